The van der Waals surface area contributed by atoms with Crippen LogP contribution in [-0.4, -0.2) is 25.8 Å². The molecule has 1 aromatic rings. The van der Waals surface area contributed by atoms with Crippen molar-refractivity contribution in [3.05, 3.63) is 35.9 Å². The van der Waals surface area contributed by atoms with Crippen molar-refractivity contribution in [2.45, 2.75) is 38.6 Å². The van der Waals surface area contributed by atoms with E-state index in [1.165, 1.54) is 31.2 Å². The molecule has 0 spiro atoms. The van der Waals surface area contributed by atoms with E-state index in [1.54, 1.807) is 0 Å². The molecule has 0 aliphatic carbocycles. The second-order valence-electron chi connectivity index (χ2n) is 5.40. The van der Waals surface area contributed by atoms with Gasteiger partial charge in [0.25, 0.3) is 0 Å². The minimum absolute atomic E-state index is 0.604. The topological polar surface area (TPSA) is 21.3 Å². The molecule has 1 saturated heterocycles. The van der Waals surface area contributed by atoms with E-state index in [0.29, 0.717) is 6.04 Å². The van der Waals surface area contributed by atoms with Gasteiger partial charge in [-0.1, -0.05) is 30.3 Å². The summed E-state index contributed by atoms with van der Waals surface area (Å²) in [5.41, 5.74) is 1.44. The first-order valence-electron chi connectivity index (χ1n) is 7.19. The molecule has 18 heavy (non-hydrogen) atoms. The lowest BCUT2D eigenvalue weighted by atomic mass is 10.0. The van der Waals surface area contributed by atoms with E-state index in [0.717, 1.165) is 25.7 Å². The zero-order chi connectivity index (χ0) is 12.6. The molecule has 0 aromatic heterocycles. The van der Waals surface area contributed by atoms with E-state index in [4.69, 9.17) is 4.74 Å². The van der Waals surface area contributed by atoms with Crippen LogP contribution in [0.4, 0.5) is 0 Å². The molecule has 0 amide bonds. The fraction of sp³-hybridized carbons (Fsp3) is 0.625. The lowest BCUT2D eigenvalue weighted by molar-refractivity contribution is 0.184. The smallest absolute Gasteiger partial charge is 0.0495 e. The van der Waals surface area contributed by atoms with Gasteiger partial charge >= 0.3 is 0 Å². The molecule has 1 N–H and O–H groups in total. The van der Waals surface area contributed by atoms with Crippen molar-refractivity contribution in [3.8, 4) is 0 Å². The summed E-state index contributed by atoms with van der Waals surface area (Å²) in [6.07, 6.45) is 4.89. The van der Waals surface area contributed by atoms with Gasteiger partial charge in [-0.15, -0.1) is 0 Å². The second-order valence-corrected chi connectivity index (χ2v) is 5.40. The predicted molar refractivity (Wildman–Crippen MR) is 75.8 cm³/mol. The van der Waals surface area contributed by atoms with Crippen LogP contribution in [0.2, 0.25) is 0 Å². The monoisotopic (exact) mass is 247 g/mol. The SMILES string of the molecule is CC(CCc1ccccc1)NCCC1CCOC1. The van der Waals surface area contributed by atoms with Gasteiger partial charge in [-0.25, -0.2) is 0 Å². The van der Waals surface area contributed by atoms with Gasteiger partial charge in [0.1, 0.15) is 0 Å². The molecule has 2 rings (SSSR count). The number of ether oxygens (including phenoxy) is 1. The summed E-state index contributed by atoms with van der Waals surface area (Å²) in [4.78, 5) is 0. The molecule has 100 valence electrons. The van der Waals surface area contributed by atoms with Crippen molar-refractivity contribution >= 4 is 0 Å². The van der Waals surface area contributed by atoms with Gasteiger partial charge in [-0.05, 0) is 50.6 Å². The highest BCUT2D eigenvalue weighted by atomic mass is 16.5. The molecule has 1 heterocycles. The summed E-state index contributed by atoms with van der Waals surface area (Å²) < 4.78 is 5.39. The number of nitrogens with one attached hydrogen (secondary N) is 1. The minimum Gasteiger partial charge on any atom is -0.381 e. The molecule has 1 aliphatic heterocycles. The van der Waals surface area contributed by atoms with Crippen molar-refractivity contribution in [2.75, 3.05) is 19.8 Å². The van der Waals surface area contributed by atoms with Crippen LogP contribution >= 0.6 is 0 Å². The fourth-order valence-corrected chi connectivity index (χ4v) is 2.47. The lowest BCUT2D eigenvalue weighted by Crippen LogP contribution is -2.28. The van der Waals surface area contributed by atoms with Crippen molar-refractivity contribution in [1.29, 1.82) is 0 Å². The minimum atomic E-state index is 0.604. The maximum absolute atomic E-state index is 5.39. The van der Waals surface area contributed by atoms with Crippen LogP contribution in [0.15, 0.2) is 30.3 Å². The standard InChI is InChI=1S/C16H25NO/c1-14(7-8-15-5-3-2-4-6-15)17-11-9-16-10-12-18-13-16/h2-6,14,16-17H,7-13H2,1H3. The largest absolute Gasteiger partial charge is 0.381 e. The van der Waals surface area contributed by atoms with Gasteiger partial charge in [0.2, 0.25) is 0 Å². The Kier molecular flexibility index (Phi) is 5.69. The molecule has 0 radical (unpaired) electrons. The van der Waals surface area contributed by atoms with E-state index in [9.17, 15) is 0 Å². The molecular formula is C16H25NO. The number of hydrogen-bond acceptors (Lipinski definition) is 2. The van der Waals surface area contributed by atoms with E-state index in [2.05, 4.69) is 42.6 Å². The van der Waals surface area contributed by atoms with E-state index >= 15 is 0 Å². The molecule has 0 saturated carbocycles. The molecule has 0 bridgehead atoms. The Hall–Kier alpha value is -0.860. The van der Waals surface area contributed by atoms with Crippen LogP contribution in [0.3, 0.4) is 0 Å². The fourth-order valence-electron chi connectivity index (χ4n) is 2.47. The van der Waals surface area contributed by atoms with Crippen molar-refractivity contribution in [1.82, 2.24) is 5.32 Å². The first-order valence-corrected chi connectivity index (χ1v) is 7.19. The summed E-state index contributed by atoms with van der Waals surface area (Å²) in [6.45, 7) is 5.35. The second kappa shape index (κ2) is 7.55. The predicted octanol–water partition coefficient (Wildman–Crippen LogP) is 3.02. The Bertz CT molecular complexity index is 319. The summed E-state index contributed by atoms with van der Waals surface area (Å²) >= 11 is 0. The number of rotatable bonds is 7. The molecule has 1 aromatic carbocycles. The molecule has 2 heteroatoms. The average Bonchev–Trinajstić information content (AvgIpc) is 2.91. The molecular weight excluding hydrogens is 222 g/mol. The van der Waals surface area contributed by atoms with Gasteiger partial charge in [0, 0.05) is 19.3 Å². The summed E-state index contributed by atoms with van der Waals surface area (Å²) in [6, 6.07) is 11.3. The Morgan fingerprint density at radius 2 is 2.17 bits per heavy atom. The lowest BCUT2D eigenvalue weighted by Gasteiger charge is -2.15. The van der Waals surface area contributed by atoms with Crippen molar-refractivity contribution < 1.29 is 4.74 Å². The van der Waals surface area contributed by atoms with Gasteiger partial charge in [-0.3, -0.25) is 0 Å². The highest BCUT2D eigenvalue weighted by molar-refractivity contribution is 5.14. The summed E-state index contributed by atoms with van der Waals surface area (Å²) in [7, 11) is 0. The van der Waals surface area contributed by atoms with Crippen molar-refractivity contribution in [3.63, 3.8) is 0 Å². The molecule has 1 aliphatic rings. The molecule has 2 atom stereocenters. The number of hydrogen-bond donors (Lipinski definition) is 1. The summed E-state index contributed by atoms with van der Waals surface area (Å²) in [5, 5.41) is 3.62. The van der Waals surface area contributed by atoms with E-state index in [-0.39, 0.29) is 0 Å². The Labute approximate surface area is 111 Å². The highest BCUT2D eigenvalue weighted by Crippen LogP contribution is 2.15. The van der Waals surface area contributed by atoms with Crippen LogP contribution in [-0.2, 0) is 11.2 Å². The highest BCUT2D eigenvalue weighted by Gasteiger charge is 2.15. The quantitative estimate of drug-likeness (QED) is 0.799. The zero-order valence-electron chi connectivity index (χ0n) is 11.4. The molecule has 2 nitrogen and oxygen atoms in total. The maximum atomic E-state index is 5.39. The third-order valence-electron chi connectivity index (χ3n) is 3.78. The number of aryl methyl sites for hydroxylation is 1. The molecule has 2 unspecified atom stereocenters. The maximum Gasteiger partial charge on any atom is 0.0495 e. The zero-order valence-corrected chi connectivity index (χ0v) is 11.4. The van der Waals surface area contributed by atoms with Crippen LogP contribution in [0.5, 0.6) is 0 Å². The average molecular weight is 247 g/mol. The summed E-state index contributed by atoms with van der Waals surface area (Å²) in [5.74, 6) is 0.791. The first kappa shape index (κ1) is 13.6. The third-order valence-corrected chi connectivity index (χ3v) is 3.78. The molecule has 1 fully saturated rings. The van der Waals surface area contributed by atoms with Crippen molar-refractivity contribution in [2.24, 2.45) is 5.92 Å². The normalized spacial score (nSPS) is 21.1. The van der Waals surface area contributed by atoms with Crippen LogP contribution in [0, 0.1) is 5.92 Å². The number of benzene rings is 1. The van der Waals surface area contributed by atoms with Gasteiger partial charge in [-0.2, -0.15) is 0 Å². The Balaban J connectivity index is 1.56. The third kappa shape index (κ3) is 4.79. The van der Waals surface area contributed by atoms with Crippen LogP contribution < -0.4 is 5.32 Å². The Morgan fingerprint density at radius 3 is 2.89 bits per heavy atom. The van der Waals surface area contributed by atoms with Crippen LogP contribution in [0.25, 0.3) is 0 Å². The van der Waals surface area contributed by atoms with Crippen LogP contribution in [0.1, 0.15) is 31.7 Å². The van der Waals surface area contributed by atoms with Gasteiger partial charge in [0.05, 0.1) is 0 Å². The van der Waals surface area contributed by atoms with Gasteiger partial charge in [0.15, 0.2) is 0 Å². The first-order chi connectivity index (χ1) is 8.84. The van der Waals surface area contributed by atoms with Gasteiger partial charge < -0.3 is 10.1 Å². The van der Waals surface area contributed by atoms with E-state index in [1.807, 2.05) is 0 Å². The van der Waals surface area contributed by atoms with E-state index < -0.39 is 0 Å². The Morgan fingerprint density at radius 1 is 1.33 bits per heavy atom.